The highest BCUT2D eigenvalue weighted by Crippen LogP contribution is 2.58. The first kappa shape index (κ1) is 20.2. The number of hydrogen-bond donors (Lipinski definition) is 1. The van der Waals surface area contributed by atoms with Crippen LogP contribution in [0.5, 0.6) is 0 Å². The second kappa shape index (κ2) is 6.99. The zero-order chi connectivity index (χ0) is 21.0. The highest BCUT2D eigenvalue weighted by Gasteiger charge is 2.61. The van der Waals surface area contributed by atoms with E-state index in [4.69, 9.17) is 27.9 Å². The number of nitrogens with zero attached hydrogens (tertiary/aromatic N) is 3. The Morgan fingerprint density at radius 2 is 2.07 bits per heavy atom. The molecule has 7 nitrogen and oxygen atoms in total. The molecule has 2 atom stereocenters. The Balaban J connectivity index is 1.41. The number of amides is 2. The highest BCUT2D eigenvalue weighted by atomic mass is 35.5. The molecule has 0 aromatic carbocycles. The van der Waals surface area contributed by atoms with Gasteiger partial charge < -0.3 is 15.0 Å². The van der Waals surface area contributed by atoms with Crippen LogP contribution in [-0.4, -0.2) is 45.6 Å². The third kappa shape index (κ3) is 4.12. The lowest BCUT2D eigenvalue weighted by Gasteiger charge is -2.24. The van der Waals surface area contributed by atoms with Gasteiger partial charge in [0.05, 0.1) is 0 Å². The SMILES string of the molecule is CC(C)(C)OC(=O)N1CCC2(CC2C(=O)Nc2cc3cc(Cl)nc(Cl)c3cn2)C1. The summed E-state index contributed by atoms with van der Waals surface area (Å²) in [5.41, 5.74) is -0.690. The third-order valence-electron chi connectivity index (χ3n) is 5.43. The number of fused-ring (bicyclic) bond motifs is 1. The van der Waals surface area contributed by atoms with Gasteiger partial charge in [-0.05, 0) is 51.1 Å². The molecule has 1 saturated carbocycles. The summed E-state index contributed by atoms with van der Waals surface area (Å²) in [6, 6.07) is 3.40. The van der Waals surface area contributed by atoms with Crippen molar-refractivity contribution in [3.8, 4) is 0 Å². The average molecular weight is 437 g/mol. The molecule has 0 radical (unpaired) electrons. The van der Waals surface area contributed by atoms with Gasteiger partial charge in [-0.25, -0.2) is 14.8 Å². The van der Waals surface area contributed by atoms with Crippen LogP contribution in [0.15, 0.2) is 18.3 Å². The Morgan fingerprint density at radius 1 is 1.31 bits per heavy atom. The number of rotatable bonds is 2. The molecule has 2 aromatic heterocycles. The molecule has 3 heterocycles. The van der Waals surface area contributed by atoms with Crippen LogP contribution >= 0.6 is 23.2 Å². The summed E-state index contributed by atoms with van der Waals surface area (Å²) < 4.78 is 5.44. The number of carbonyl (C=O) groups excluding carboxylic acids is 2. The minimum atomic E-state index is -0.532. The summed E-state index contributed by atoms with van der Waals surface area (Å²) in [5.74, 6) is 0.205. The summed E-state index contributed by atoms with van der Waals surface area (Å²) in [4.78, 5) is 35.0. The molecule has 2 amide bonds. The van der Waals surface area contributed by atoms with Gasteiger partial charge in [-0.1, -0.05) is 23.2 Å². The summed E-state index contributed by atoms with van der Waals surface area (Å²) in [6.07, 6.45) is 2.80. The average Bonchev–Trinajstić information content (AvgIpc) is 3.12. The Kier molecular flexibility index (Phi) is 4.86. The van der Waals surface area contributed by atoms with Gasteiger partial charge in [0, 0.05) is 36.0 Å². The molecule has 1 saturated heterocycles. The first-order valence-electron chi connectivity index (χ1n) is 9.47. The van der Waals surface area contributed by atoms with Crippen molar-refractivity contribution < 1.29 is 14.3 Å². The maximum absolute atomic E-state index is 12.8. The lowest BCUT2D eigenvalue weighted by molar-refractivity contribution is -0.118. The third-order valence-corrected chi connectivity index (χ3v) is 5.91. The van der Waals surface area contributed by atoms with E-state index in [2.05, 4.69) is 15.3 Å². The Morgan fingerprint density at radius 3 is 2.79 bits per heavy atom. The lowest BCUT2D eigenvalue weighted by atomic mass is 10.0. The highest BCUT2D eigenvalue weighted by molar-refractivity contribution is 6.36. The Labute approximate surface area is 178 Å². The molecule has 2 aromatic rings. The van der Waals surface area contributed by atoms with Crippen molar-refractivity contribution in [3.63, 3.8) is 0 Å². The van der Waals surface area contributed by atoms with Gasteiger partial charge >= 0.3 is 6.09 Å². The first-order chi connectivity index (χ1) is 13.6. The molecule has 4 rings (SSSR count). The van der Waals surface area contributed by atoms with Crippen LogP contribution in [0.25, 0.3) is 10.8 Å². The lowest BCUT2D eigenvalue weighted by Crippen LogP contribution is -2.35. The maximum Gasteiger partial charge on any atom is 0.410 e. The van der Waals surface area contributed by atoms with Gasteiger partial charge in [0.15, 0.2) is 0 Å². The van der Waals surface area contributed by atoms with Crippen LogP contribution < -0.4 is 5.32 Å². The van der Waals surface area contributed by atoms with Crippen molar-refractivity contribution in [2.75, 3.05) is 18.4 Å². The Hall–Kier alpha value is -2.12. The monoisotopic (exact) mass is 436 g/mol. The number of carbonyl (C=O) groups is 2. The number of pyridine rings is 2. The topological polar surface area (TPSA) is 84.4 Å². The number of nitrogens with one attached hydrogen (secondary N) is 1. The van der Waals surface area contributed by atoms with Crippen molar-refractivity contribution in [3.05, 3.63) is 28.6 Å². The normalized spacial score (nSPS) is 23.5. The number of hydrogen-bond acceptors (Lipinski definition) is 5. The van der Waals surface area contributed by atoms with E-state index in [-0.39, 0.29) is 33.6 Å². The van der Waals surface area contributed by atoms with Crippen LogP contribution in [0.1, 0.15) is 33.6 Å². The predicted molar refractivity (Wildman–Crippen MR) is 111 cm³/mol. The number of aromatic nitrogens is 2. The molecule has 1 aliphatic heterocycles. The molecule has 154 valence electrons. The van der Waals surface area contributed by atoms with Crippen LogP contribution in [0.2, 0.25) is 10.3 Å². The molecule has 2 aliphatic rings. The molecule has 2 fully saturated rings. The number of anilines is 1. The van der Waals surface area contributed by atoms with Crippen molar-refractivity contribution in [1.29, 1.82) is 0 Å². The fraction of sp³-hybridized carbons (Fsp3) is 0.500. The van der Waals surface area contributed by atoms with E-state index in [9.17, 15) is 9.59 Å². The van der Waals surface area contributed by atoms with Gasteiger partial charge in [-0.2, -0.15) is 0 Å². The summed E-state index contributed by atoms with van der Waals surface area (Å²) in [6.45, 7) is 6.68. The van der Waals surface area contributed by atoms with E-state index in [1.54, 1.807) is 23.2 Å². The smallest absolute Gasteiger partial charge is 0.410 e. The number of halogens is 2. The van der Waals surface area contributed by atoms with E-state index in [0.29, 0.717) is 24.3 Å². The van der Waals surface area contributed by atoms with Crippen LogP contribution in [0.3, 0.4) is 0 Å². The molecule has 1 aliphatic carbocycles. The molecule has 2 unspecified atom stereocenters. The summed E-state index contributed by atoms with van der Waals surface area (Å²) in [7, 11) is 0. The molecule has 1 N–H and O–H groups in total. The number of ether oxygens (including phenoxy) is 1. The standard InChI is InChI=1S/C20H22Cl2N4O3/c1-19(2,3)29-18(28)26-5-4-20(10-26)8-13(20)17(27)25-15-7-11-6-14(21)24-16(22)12(11)9-23-15/h6-7,9,13H,4-5,8,10H2,1-3H3,(H,23,25,27). The molecule has 1 spiro atoms. The van der Waals surface area contributed by atoms with E-state index >= 15 is 0 Å². The van der Waals surface area contributed by atoms with Gasteiger partial charge in [-0.3, -0.25) is 4.79 Å². The minimum Gasteiger partial charge on any atom is -0.444 e. The van der Waals surface area contributed by atoms with Gasteiger partial charge in [0.2, 0.25) is 5.91 Å². The van der Waals surface area contributed by atoms with Gasteiger partial charge in [0.25, 0.3) is 0 Å². The van der Waals surface area contributed by atoms with Crippen molar-refractivity contribution >= 4 is 51.8 Å². The zero-order valence-corrected chi connectivity index (χ0v) is 18.0. The van der Waals surface area contributed by atoms with Crippen LogP contribution in [0, 0.1) is 11.3 Å². The second-order valence-electron chi connectivity index (χ2n) is 8.79. The van der Waals surface area contributed by atoms with Crippen molar-refractivity contribution in [1.82, 2.24) is 14.9 Å². The van der Waals surface area contributed by atoms with Crippen molar-refractivity contribution in [2.24, 2.45) is 11.3 Å². The summed E-state index contributed by atoms with van der Waals surface area (Å²) in [5, 5.41) is 4.85. The molecule has 29 heavy (non-hydrogen) atoms. The molecule has 0 bridgehead atoms. The molecular formula is C20H22Cl2N4O3. The van der Waals surface area contributed by atoms with Gasteiger partial charge in [0.1, 0.15) is 21.7 Å². The molecule has 9 heteroatoms. The fourth-order valence-corrected chi connectivity index (χ4v) is 4.40. The largest absolute Gasteiger partial charge is 0.444 e. The maximum atomic E-state index is 12.8. The minimum absolute atomic E-state index is 0.0888. The second-order valence-corrected chi connectivity index (χ2v) is 9.53. The van der Waals surface area contributed by atoms with Crippen LogP contribution in [-0.2, 0) is 9.53 Å². The van der Waals surface area contributed by atoms with E-state index in [1.807, 2.05) is 20.8 Å². The predicted octanol–water partition coefficient (Wildman–Crippen LogP) is 4.52. The van der Waals surface area contributed by atoms with E-state index in [0.717, 1.165) is 18.2 Å². The van der Waals surface area contributed by atoms with E-state index < -0.39 is 5.60 Å². The van der Waals surface area contributed by atoms with Crippen LogP contribution in [0.4, 0.5) is 10.6 Å². The molecular weight excluding hydrogens is 415 g/mol. The zero-order valence-electron chi connectivity index (χ0n) is 16.5. The first-order valence-corrected chi connectivity index (χ1v) is 10.2. The van der Waals surface area contributed by atoms with Gasteiger partial charge in [-0.15, -0.1) is 0 Å². The number of likely N-dealkylation sites (tertiary alicyclic amines) is 1. The van der Waals surface area contributed by atoms with Crippen molar-refractivity contribution in [2.45, 2.75) is 39.2 Å². The summed E-state index contributed by atoms with van der Waals surface area (Å²) >= 11 is 12.0. The fourth-order valence-electron chi connectivity index (χ4n) is 3.91. The Bertz CT molecular complexity index is 1010. The van der Waals surface area contributed by atoms with E-state index in [1.165, 1.54) is 0 Å². The quantitative estimate of drug-likeness (QED) is 0.699.